The van der Waals surface area contributed by atoms with Crippen molar-refractivity contribution < 1.29 is 18.7 Å². The molecule has 0 unspecified atom stereocenters. The van der Waals surface area contributed by atoms with E-state index in [9.17, 15) is 9.59 Å². The Kier molecular flexibility index (Phi) is 4.71. The van der Waals surface area contributed by atoms with Gasteiger partial charge in [-0.15, -0.1) is 0 Å². The summed E-state index contributed by atoms with van der Waals surface area (Å²) in [5.41, 5.74) is 2.13. The molecule has 1 amide bonds. The van der Waals surface area contributed by atoms with Gasteiger partial charge in [-0.05, 0) is 29.7 Å². The van der Waals surface area contributed by atoms with Crippen molar-refractivity contribution in [3.05, 3.63) is 84.1 Å². The minimum atomic E-state index is -0.964. The molecule has 150 valence electrons. The molecule has 1 atom stereocenters. The highest BCUT2D eigenvalue weighted by atomic mass is 16.5. The van der Waals surface area contributed by atoms with Crippen molar-refractivity contribution >= 4 is 33.6 Å². The summed E-state index contributed by atoms with van der Waals surface area (Å²) in [6.07, 6.45) is 2.60. The van der Waals surface area contributed by atoms with Crippen LogP contribution in [0.5, 0.6) is 0 Å². The van der Waals surface area contributed by atoms with E-state index in [2.05, 4.69) is 5.32 Å². The molecular weight excluding hydrogens is 378 g/mol. The average Bonchev–Trinajstić information content (AvgIpc) is 3.50. The molecule has 1 aliphatic rings. The summed E-state index contributed by atoms with van der Waals surface area (Å²) in [7, 11) is 0. The zero-order valence-electron chi connectivity index (χ0n) is 16.3. The lowest BCUT2D eigenvalue weighted by Gasteiger charge is -2.18. The molecule has 4 aromatic rings. The topological polar surface area (TPSA) is 68.5 Å². The Morgan fingerprint density at radius 3 is 2.57 bits per heavy atom. The van der Waals surface area contributed by atoms with E-state index in [0.717, 1.165) is 40.1 Å². The highest BCUT2D eigenvalue weighted by Gasteiger charge is 2.31. The molecule has 0 aliphatic heterocycles. The van der Waals surface area contributed by atoms with Gasteiger partial charge in [-0.2, -0.15) is 0 Å². The number of carbonyl (C=O) groups is 2. The van der Waals surface area contributed by atoms with Crippen LogP contribution in [0.3, 0.4) is 0 Å². The van der Waals surface area contributed by atoms with Crippen LogP contribution >= 0.6 is 0 Å². The number of amides is 1. The maximum absolute atomic E-state index is 12.8. The zero-order chi connectivity index (χ0) is 20.5. The predicted molar refractivity (Wildman–Crippen MR) is 114 cm³/mol. The number of benzene rings is 3. The summed E-state index contributed by atoms with van der Waals surface area (Å²) in [6, 6.07) is 21.2. The maximum atomic E-state index is 12.8. The van der Waals surface area contributed by atoms with Gasteiger partial charge in [-0.25, -0.2) is 0 Å². The average molecular weight is 399 g/mol. The van der Waals surface area contributed by atoms with Gasteiger partial charge < -0.3 is 14.5 Å². The van der Waals surface area contributed by atoms with Gasteiger partial charge in [-0.3, -0.25) is 9.59 Å². The molecule has 0 spiro atoms. The van der Waals surface area contributed by atoms with Gasteiger partial charge in [0.2, 0.25) is 6.10 Å². The Morgan fingerprint density at radius 2 is 1.77 bits per heavy atom. The number of rotatable bonds is 6. The standard InChI is InChI=1S/C25H21NO4/c27-22(30-24(17-7-2-1-3-8-17)25(28)26-19-11-12-19)14-18-15-29-21-13-10-16-6-4-5-9-20(16)23(18)21/h1-10,13,15,19,24H,11-12,14H2,(H,26,28)/t24-/m1/s1. The molecule has 1 heterocycles. The number of esters is 1. The second-order valence-electron chi connectivity index (χ2n) is 7.66. The first-order chi connectivity index (χ1) is 14.7. The molecule has 1 saturated carbocycles. The van der Waals surface area contributed by atoms with Crippen LogP contribution in [0.15, 0.2) is 77.4 Å². The number of hydrogen-bond acceptors (Lipinski definition) is 4. The second-order valence-corrected chi connectivity index (χ2v) is 7.66. The Morgan fingerprint density at radius 1 is 1.00 bits per heavy atom. The van der Waals surface area contributed by atoms with E-state index in [4.69, 9.17) is 9.15 Å². The van der Waals surface area contributed by atoms with Crippen LogP contribution in [-0.2, 0) is 20.7 Å². The molecule has 1 N–H and O–H groups in total. The number of fused-ring (bicyclic) bond motifs is 3. The van der Waals surface area contributed by atoms with Crippen molar-refractivity contribution in [3.8, 4) is 0 Å². The number of carbonyl (C=O) groups excluding carboxylic acids is 2. The summed E-state index contributed by atoms with van der Waals surface area (Å²) in [4.78, 5) is 25.5. The van der Waals surface area contributed by atoms with Crippen molar-refractivity contribution in [2.45, 2.75) is 31.4 Å². The first-order valence-electron chi connectivity index (χ1n) is 10.1. The molecule has 1 aromatic heterocycles. The highest BCUT2D eigenvalue weighted by Crippen LogP contribution is 2.31. The molecule has 0 bridgehead atoms. The van der Waals surface area contributed by atoms with Gasteiger partial charge in [0.15, 0.2) is 0 Å². The van der Waals surface area contributed by atoms with Crippen LogP contribution in [0.1, 0.15) is 30.1 Å². The second kappa shape index (κ2) is 7.67. The van der Waals surface area contributed by atoms with E-state index in [1.807, 2.05) is 54.6 Å². The lowest BCUT2D eigenvalue weighted by molar-refractivity contribution is -0.155. The van der Waals surface area contributed by atoms with Crippen LogP contribution in [0.4, 0.5) is 0 Å². The number of hydrogen-bond donors (Lipinski definition) is 1. The Labute approximate surface area is 173 Å². The third-order valence-electron chi connectivity index (χ3n) is 5.39. The summed E-state index contributed by atoms with van der Waals surface area (Å²) < 4.78 is 11.3. The van der Waals surface area contributed by atoms with Crippen LogP contribution in [0.2, 0.25) is 0 Å². The largest absolute Gasteiger partial charge is 0.464 e. The van der Waals surface area contributed by atoms with E-state index in [-0.39, 0.29) is 18.4 Å². The van der Waals surface area contributed by atoms with Gasteiger partial charge in [0, 0.05) is 22.6 Å². The summed E-state index contributed by atoms with van der Waals surface area (Å²) in [5, 5.41) is 5.94. The minimum absolute atomic E-state index is 0.0288. The third-order valence-corrected chi connectivity index (χ3v) is 5.39. The number of furan rings is 1. The SMILES string of the molecule is O=C(Cc1coc2ccc3ccccc3c12)O[C@@H](C(=O)NC1CC1)c1ccccc1. The quantitative estimate of drug-likeness (QED) is 0.478. The fourth-order valence-corrected chi connectivity index (χ4v) is 3.74. The fraction of sp³-hybridized carbons (Fsp3) is 0.200. The normalized spacial score (nSPS) is 14.5. The molecule has 3 aromatic carbocycles. The molecule has 0 saturated heterocycles. The zero-order valence-corrected chi connectivity index (χ0v) is 16.3. The van der Waals surface area contributed by atoms with Gasteiger partial charge in [0.1, 0.15) is 5.58 Å². The van der Waals surface area contributed by atoms with Crippen molar-refractivity contribution in [2.24, 2.45) is 0 Å². The van der Waals surface area contributed by atoms with Crippen molar-refractivity contribution in [1.82, 2.24) is 5.32 Å². The molecule has 1 aliphatic carbocycles. The lowest BCUT2D eigenvalue weighted by Crippen LogP contribution is -2.33. The molecule has 5 heteroatoms. The van der Waals surface area contributed by atoms with Gasteiger partial charge >= 0.3 is 5.97 Å². The van der Waals surface area contributed by atoms with E-state index >= 15 is 0 Å². The summed E-state index contributed by atoms with van der Waals surface area (Å²) in [5.74, 6) is -0.745. The van der Waals surface area contributed by atoms with Crippen LogP contribution in [0, 0.1) is 0 Å². The smallest absolute Gasteiger partial charge is 0.311 e. The van der Waals surface area contributed by atoms with Crippen molar-refractivity contribution in [3.63, 3.8) is 0 Å². The van der Waals surface area contributed by atoms with E-state index in [0.29, 0.717) is 5.56 Å². The molecule has 5 rings (SSSR count). The van der Waals surface area contributed by atoms with E-state index < -0.39 is 12.1 Å². The maximum Gasteiger partial charge on any atom is 0.311 e. The van der Waals surface area contributed by atoms with Crippen molar-refractivity contribution in [2.75, 3.05) is 0 Å². The van der Waals surface area contributed by atoms with Gasteiger partial charge in [0.25, 0.3) is 5.91 Å². The van der Waals surface area contributed by atoms with Crippen LogP contribution in [-0.4, -0.2) is 17.9 Å². The fourth-order valence-electron chi connectivity index (χ4n) is 3.74. The summed E-state index contributed by atoms with van der Waals surface area (Å²) >= 11 is 0. The molecular formula is C25H21NO4. The number of ether oxygens (including phenoxy) is 1. The van der Waals surface area contributed by atoms with Crippen molar-refractivity contribution in [1.29, 1.82) is 0 Å². The molecule has 30 heavy (non-hydrogen) atoms. The first kappa shape index (κ1) is 18.4. The van der Waals surface area contributed by atoms with E-state index in [1.165, 1.54) is 0 Å². The highest BCUT2D eigenvalue weighted by molar-refractivity contribution is 6.08. The predicted octanol–water partition coefficient (Wildman–Crippen LogP) is 4.69. The summed E-state index contributed by atoms with van der Waals surface area (Å²) in [6.45, 7) is 0. The molecule has 1 fully saturated rings. The Hall–Kier alpha value is -3.60. The first-order valence-corrected chi connectivity index (χ1v) is 10.1. The van der Waals surface area contributed by atoms with Crippen LogP contribution in [0.25, 0.3) is 21.7 Å². The number of nitrogens with one attached hydrogen (secondary N) is 1. The Bertz CT molecular complexity index is 1220. The lowest BCUT2D eigenvalue weighted by atomic mass is 10.0. The minimum Gasteiger partial charge on any atom is -0.464 e. The Balaban J connectivity index is 1.41. The van der Waals surface area contributed by atoms with Gasteiger partial charge in [0.05, 0.1) is 12.7 Å². The molecule has 5 nitrogen and oxygen atoms in total. The van der Waals surface area contributed by atoms with E-state index in [1.54, 1.807) is 18.4 Å². The third kappa shape index (κ3) is 3.66. The monoisotopic (exact) mass is 399 g/mol. The molecule has 0 radical (unpaired) electrons. The van der Waals surface area contributed by atoms with Gasteiger partial charge in [-0.1, -0.05) is 60.7 Å². The van der Waals surface area contributed by atoms with Crippen LogP contribution < -0.4 is 5.32 Å².